The van der Waals surface area contributed by atoms with E-state index in [0.29, 0.717) is 31.0 Å². The van der Waals surface area contributed by atoms with Gasteiger partial charge in [0.25, 0.3) is 0 Å². The third-order valence-corrected chi connectivity index (χ3v) is 5.81. The summed E-state index contributed by atoms with van der Waals surface area (Å²) in [5.74, 6) is 0.747. The normalized spacial score (nSPS) is 22.4. The smallest absolute Gasteiger partial charge is 0.158 e. The van der Waals surface area contributed by atoms with Crippen LogP contribution in [0.5, 0.6) is 0 Å². The molecule has 4 nitrogen and oxygen atoms in total. The molecule has 1 aliphatic rings. The number of carbonyl (C=O) groups is 2. The molecular weight excluding hydrogens is 340 g/mol. The van der Waals surface area contributed by atoms with E-state index >= 15 is 0 Å². The Balaban J connectivity index is 2.31. The van der Waals surface area contributed by atoms with E-state index in [2.05, 4.69) is 19.1 Å². The van der Waals surface area contributed by atoms with Crippen molar-refractivity contribution in [1.29, 1.82) is 0 Å². The molecule has 0 bridgehead atoms. The largest absolute Gasteiger partial charge is 0.390 e. The number of aliphatic hydroxyl groups is 2. The number of allylic oxidation sites excluding steroid dienone is 1. The van der Waals surface area contributed by atoms with Gasteiger partial charge in [0, 0.05) is 18.8 Å². The monoisotopic (exact) mass is 380 g/mol. The van der Waals surface area contributed by atoms with Gasteiger partial charge >= 0.3 is 0 Å². The summed E-state index contributed by atoms with van der Waals surface area (Å²) in [6, 6.07) is 0. The average molecular weight is 381 g/mol. The first-order valence-corrected chi connectivity index (χ1v) is 10.9. The topological polar surface area (TPSA) is 74.6 Å². The van der Waals surface area contributed by atoms with Crippen LogP contribution in [0.15, 0.2) is 12.2 Å². The first-order valence-electron chi connectivity index (χ1n) is 10.9. The number of unbranched alkanes of at least 4 members (excludes halogenated alkanes) is 5. The maximum Gasteiger partial charge on any atom is 0.158 e. The number of ketones is 2. The van der Waals surface area contributed by atoms with Gasteiger partial charge in [-0.25, -0.2) is 0 Å². The molecule has 0 heterocycles. The highest BCUT2D eigenvalue weighted by Crippen LogP contribution is 2.34. The second-order valence-corrected chi connectivity index (χ2v) is 8.51. The zero-order chi connectivity index (χ0) is 20.1. The lowest BCUT2D eigenvalue weighted by molar-refractivity contribution is -0.122. The van der Waals surface area contributed by atoms with Crippen molar-refractivity contribution in [3.8, 4) is 0 Å². The number of Topliss-reactive ketones (excluding diaryl/α,β-unsaturated/α-hetero) is 2. The van der Waals surface area contributed by atoms with Crippen molar-refractivity contribution in [3.05, 3.63) is 12.2 Å². The summed E-state index contributed by atoms with van der Waals surface area (Å²) in [5, 5.41) is 19.2. The lowest BCUT2D eigenvalue weighted by Crippen LogP contribution is -2.23. The van der Waals surface area contributed by atoms with Gasteiger partial charge in [-0.1, -0.05) is 57.6 Å². The summed E-state index contributed by atoms with van der Waals surface area (Å²) in [5.41, 5.74) is -0.643. The summed E-state index contributed by atoms with van der Waals surface area (Å²) in [7, 11) is 0. The fourth-order valence-corrected chi connectivity index (χ4v) is 4.01. The van der Waals surface area contributed by atoms with Crippen LogP contribution < -0.4 is 0 Å². The van der Waals surface area contributed by atoms with E-state index in [1.54, 1.807) is 0 Å². The van der Waals surface area contributed by atoms with E-state index in [-0.39, 0.29) is 18.3 Å². The van der Waals surface area contributed by atoms with Crippen LogP contribution in [0.25, 0.3) is 0 Å². The molecular formula is C23H40O4. The van der Waals surface area contributed by atoms with Crippen molar-refractivity contribution < 1.29 is 19.8 Å². The minimum absolute atomic E-state index is 0.0863. The molecule has 2 N–H and O–H groups in total. The fourth-order valence-electron chi connectivity index (χ4n) is 4.01. The van der Waals surface area contributed by atoms with E-state index < -0.39 is 5.60 Å². The number of hydrogen-bond donors (Lipinski definition) is 2. The number of carbonyl (C=O) groups excluding carboxylic acids is 2. The van der Waals surface area contributed by atoms with E-state index in [1.165, 1.54) is 0 Å². The summed E-state index contributed by atoms with van der Waals surface area (Å²) >= 11 is 0. The summed E-state index contributed by atoms with van der Waals surface area (Å²) < 4.78 is 0. The molecule has 3 atom stereocenters. The maximum absolute atomic E-state index is 12.2. The lowest BCUT2D eigenvalue weighted by atomic mass is 9.88. The van der Waals surface area contributed by atoms with Crippen molar-refractivity contribution in [2.24, 2.45) is 11.8 Å². The molecule has 156 valence electrons. The van der Waals surface area contributed by atoms with E-state index in [1.807, 2.05) is 6.92 Å². The number of hydrogen-bond acceptors (Lipinski definition) is 4. The van der Waals surface area contributed by atoms with Crippen LogP contribution in [0.2, 0.25) is 0 Å². The molecule has 0 aromatic carbocycles. The molecule has 1 unspecified atom stereocenters. The van der Waals surface area contributed by atoms with Crippen LogP contribution in [-0.2, 0) is 9.59 Å². The molecule has 0 saturated heterocycles. The van der Waals surface area contributed by atoms with Crippen LogP contribution >= 0.6 is 0 Å². The first-order chi connectivity index (χ1) is 12.9. The summed E-state index contributed by atoms with van der Waals surface area (Å²) in [4.78, 5) is 23.3. The second kappa shape index (κ2) is 13.2. The minimum atomic E-state index is -0.643. The van der Waals surface area contributed by atoms with E-state index in [4.69, 9.17) is 5.11 Å². The molecule has 4 heteroatoms. The molecule has 0 spiro atoms. The Labute approximate surface area is 165 Å². The van der Waals surface area contributed by atoms with Crippen LogP contribution in [0.1, 0.15) is 97.3 Å². The molecule has 1 saturated carbocycles. The predicted octanol–water partition coefficient (Wildman–Crippen LogP) is 4.76. The molecule has 0 radical (unpaired) electrons. The number of aliphatic hydroxyl groups excluding tert-OH is 1. The SMILES string of the molecule is CCCCCC(C)(O)CC=C[C@H]1CCC(=O)[C@@H]1CCCCCCC(=O)CO. The van der Waals surface area contributed by atoms with Gasteiger partial charge in [-0.3, -0.25) is 9.59 Å². The Hall–Kier alpha value is -1.00. The third kappa shape index (κ3) is 10.2. The van der Waals surface area contributed by atoms with Crippen LogP contribution in [-0.4, -0.2) is 34.0 Å². The average Bonchev–Trinajstić information content (AvgIpc) is 2.97. The van der Waals surface area contributed by atoms with Crippen molar-refractivity contribution >= 4 is 11.6 Å². The van der Waals surface area contributed by atoms with Crippen LogP contribution in [0.4, 0.5) is 0 Å². The third-order valence-electron chi connectivity index (χ3n) is 5.81. The van der Waals surface area contributed by atoms with Gasteiger partial charge in [0.2, 0.25) is 0 Å². The molecule has 0 aromatic rings. The quantitative estimate of drug-likeness (QED) is 0.317. The highest BCUT2D eigenvalue weighted by Gasteiger charge is 2.32. The van der Waals surface area contributed by atoms with E-state index in [9.17, 15) is 14.7 Å². The zero-order valence-corrected chi connectivity index (χ0v) is 17.4. The predicted molar refractivity (Wildman–Crippen MR) is 110 cm³/mol. The fraction of sp³-hybridized carbons (Fsp3) is 0.826. The van der Waals surface area contributed by atoms with Crippen molar-refractivity contribution in [2.75, 3.05) is 6.61 Å². The highest BCUT2D eigenvalue weighted by molar-refractivity contribution is 5.83. The Morgan fingerprint density at radius 3 is 2.63 bits per heavy atom. The number of rotatable bonds is 15. The Kier molecular flexibility index (Phi) is 11.8. The molecule has 1 aliphatic carbocycles. The highest BCUT2D eigenvalue weighted by atomic mass is 16.3. The Bertz CT molecular complexity index is 467. The van der Waals surface area contributed by atoms with Crippen molar-refractivity contribution in [3.63, 3.8) is 0 Å². The van der Waals surface area contributed by atoms with Gasteiger partial charge in [-0.15, -0.1) is 0 Å². The van der Waals surface area contributed by atoms with Gasteiger partial charge in [0.1, 0.15) is 12.4 Å². The van der Waals surface area contributed by atoms with Gasteiger partial charge < -0.3 is 10.2 Å². The minimum Gasteiger partial charge on any atom is -0.390 e. The Morgan fingerprint density at radius 1 is 1.19 bits per heavy atom. The molecule has 27 heavy (non-hydrogen) atoms. The molecule has 0 aromatic heterocycles. The van der Waals surface area contributed by atoms with Gasteiger partial charge in [-0.05, 0) is 44.9 Å². The molecule has 1 fully saturated rings. The zero-order valence-electron chi connectivity index (χ0n) is 17.4. The van der Waals surface area contributed by atoms with E-state index in [0.717, 1.165) is 64.2 Å². The molecule has 1 rings (SSSR count). The lowest BCUT2D eigenvalue weighted by Gasteiger charge is -2.22. The maximum atomic E-state index is 12.2. The van der Waals surface area contributed by atoms with Gasteiger partial charge in [-0.2, -0.15) is 0 Å². The van der Waals surface area contributed by atoms with Gasteiger partial charge in [0.15, 0.2) is 5.78 Å². The standard InChI is InChI=1S/C23H40O4/c1-3-4-9-16-23(2,27)17-10-11-19-14-15-22(26)21(19)13-8-6-5-7-12-20(25)18-24/h10-11,19,21,24,27H,3-9,12-18H2,1-2H3/t19-,21+,23?/m0/s1. The van der Waals surface area contributed by atoms with Crippen molar-refractivity contribution in [2.45, 2.75) is 103 Å². The first kappa shape index (κ1) is 24.0. The summed E-state index contributed by atoms with van der Waals surface area (Å²) in [6.45, 7) is 3.72. The summed E-state index contributed by atoms with van der Waals surface area (Å²) in [6.07, 6.45) is 16.0. The van der Waals surface area contributed by atoms with Crippen LogP contribution in [0, 0.1) is 11.8 Å². The molecule has 0 amide bonds. The molecule has 0 aliphatic heterocycles. The second-order valence-electron chi connectivity index (χ2n) is 8.51. The van der Waals surface area contributed by atoms with Gasteiger partial charge in [0.05, 0.1) is 5.60 Å². The van der Waals surface area contributed by atoms with Crippen molar-refractivity contribution in [1.82, 2.24) is 0 Å². The Morgan fingerprint density at radius 2 is 1.93 bits per heavy atom. The van der Waals surface area contributed by atoms with Crippen LogP contribution in [0.3, 0.4) is 0 Å².